The number of rotatable bonds is 7. The smallest absolute Gasteiger partial charge is 0.334 e. The molecule has 0 radical (unpaired) electrons. The SMILES string of the molecule is CC(C)=CCn1c(=O)c(C(=O)Cc2ccccc2)c(O)n(Cc2ccccc2)c1=O. The van der Waals surface area contributed by atoms with Crippen molar-refractivity contribution in [3.05, 3.63) is 110 Å². The maximum Gasteiger partial charge on any atom is 0.334 e. The third kappa shape index (κ3) is 4.66. The summed E-state index contributed by atoms with van der Waals surface area (Å²) < 4.78 is 2.07. The van der Waals surface area contributed by atoms with E-state index in [1.165, 1.54) is 0 Å². The van der Waals surface area contributed by atoms with Gasteiger partial charge in [0, 0.05) is 13.0 Å². The van der Waals surface area contributed by atoms with Gasteiger partial charge in [-0.15, -0.1) is 0 Å². The van der Waals surface area contributed by atoms with Crippen LogP contribution in [0.25, 0.3) is 0 Å². The highest BCUT2D eigenvalue weighted by molar-refractivity contribution is 5.99. The van der Waals surface area contributed by atoms with E-state index in [0.29, 0.717) is 0 Å². The molecule has 0 amide bonds. The lowest BCUT2D eigenvalue weighted by atomic mass is 10.0. The number of aromatic hydroxyl groups is 1. The zero-order valence-electron chi connectivity index (χ0n) is 17.0. The van der Waals surface area contributed by atoms with Crippen molar-refractivity contribution in [2.24, 2.45) is 0 Å². The van der Waals surface area contributed by atoms with Crippen molar-refractivity contribution in [3.63, 3.8) is 0 Å². The number of ketones is 1. The standard InChI is InChI=1S/C24H24N2O4/c1-17(2)13-14-25-22(28)21(20(27)15-18-9-5-3-6-10-18)23(29)26(24(25)30)16-19-11-7-4-8-12-19/h3-13,29H,14-16H2,1-2H3. The van der Waals surface area contributed by atoms with Crippen LogP contribution in [0.2, 0.25) is 0 Å². The van der Waals surface area contributed by atoms with E-state index in [4.69, 9.17) is 0 Å². The lowest BCUT2D eigenvalue weighted by Crippen LogP contribution is -2.42. The molecule has 30 heavy (non-hydrogen) atoms. The molecule has 6 heteroatoms. The molecule has 3 rings (SSSR count). The maximum atomic E-state index is 13.0. The number of nitrogens with zero attached hydrogens (tertiary/aromatic N) is 2. The zero-order chi connectivity index (χ0) is 21.7. The first-order valence-electron chi connectivity index (χ1n) is 9.69. The lowest BCUT2D eigenvalue weighted by molar-refractivity contribution is 0.0986. The summed E-state index contributed by atoms with van der Waals surface area (Å²) in [4.78, 5) is 38.9. The summed E-state index contributed by atoms with van der Waals surface area (Å²) in [6, 6.07) is 18.1. The van der Waals surface area contributed by atoms with Gasteiger partial charge in [0.05, 0.1) is 6.54 Å². The van der Waals surface area contributed by atoms with Crippen molar-refractivity contribution in [2.75, 3.05) is 0 Å². The molecule has 154 valence electrons. The van der Waals surface area contributed by atoms with Gasteiger partial charge >= 0.3 is 5.69 Å². The van der Waals surface area contributed by atoms with Gasteiger partial charge in [-0.1, -0.05) is 72.3 Å². The van der Waals surface area contributed by atoms with Crippen molar-refractivity contribution in [2.45, 2.75) is 33.4 Å². The van der Waals surface area contributed by atoms with Crippen molar-refractivity contribution in [1.82, 2.24) is 9.13 Å². The van der Waals surface area contributed by atoms with E-state index in [2.05, 4.69) is 0 Å². The molecule has 0 fully saturated rings. The van der Waals surface area contributed by atoms with Gasteiger partial charge in [0.15, 0.2) is 5.78 Å². The highest BCUT2D eigenvalue weighted by Crippen LogP contribution is 2.16. The van der Waals surface area contributed by atoms with Gasteiger partial charge in [-0.25, -0.2) is 4.79 Å². The number of allylic oxidation sites excluding steroid dienone is 2. The quantitative estimate of drug-likeness (QED) is 0.484. The molecular formula is C24H24N2O4. The number of carbonyl (C=O) groups excluding carboxylic acids is 1. The van der Waals surface area contributed by atoms with E-state index in [0.717, 1.165) is 25.8 Å². The highest BCUT2D eigenvalue weighted by Gasteiger charge is 2.24. The molecule has 0 atom stereocenters. The Morgan fingerprint density at radius 1 is 0.900 bits per heavy atom. The highest BCUT2D eigenvalue weighted by atomic mass is 16.3. The minimum absolute atomic E-state index is 0.0285. The van der Waals surface area contributed by atoms with Crippen LogP contribution in [0, 0.1) is 0 Å². The maximum absolute atomic E-state index is 13.0. The van der Waals surface area contributed by atoms with Crippen molar-refractivity contribution in [3.8, 4) is 5.88 Å². The summed E-state index contributed by atoms with van der Waals surface area (Å²) in [5.74, 6) is -1.13. The summed E-state index contributed by atoms with van der Waals surface area (Å²) in [5.41, 5.74) is 0.620. The molecule has 3 aromatic rings. The zero-order valence-corrected chi connectivity index (χ0v) is 17.0. The minimum Gasteiger partial charge on any atom is -0.494 e. The van der Waals surface area contributed by atoms with Crippen LogP contribution in [-0.4, -0.2) is 20.0 Å². The number of Topliss-reactive ketones (excluding diaryl/α,β-unsaturated/α-hetero) is 1. The molecule has 2 aromatic carbocycles. The predicted molar refractivity (Wildman–Crippen MR) is 116 cm³/mol. The first-order chi connectivity index (χ1) is 14.4. The molecule has 0 unspecified atom stereocenters. The predicted octanol–water partition coefficient (Wildman–Crippen LogP) is 3.16. The fraction of sp³-hybridized carbons (Fsp3) is 0.208. The number of hydrogen-bond acceptors (Lipinski definition) is 4. The lowest BCUT2D eigenvalue weighted by Gasteiger charge is -2.15. The number of aromatic nitrogens is 2. The molecule has 1 aromatic heterocycles. The van der Waals surface area contributed by atoms with Gasteiger partial charge in [0.1, 0.15) is 5.56 Å². The number of hydrogen-bond donors (Lipinski definition) is 1. The Labute approximate surface area is 174 Å². The molecule has 6 nitrogen and oxygen atoms in total. The third-order valence-corrected chi connectivity index (χ3v) is 4.75. The Hall–Kier alpha value is -3.67. The van der Waals surface area contributed by atoms with Gasteiger partial charge in [-0.2, -0.15) is 0 Å². The average molecular weight is 404 g/mol. The van der Waals surface area contributed by atoms with Crippen LogP contribution in [0.1, 0.15) is 35.3 Å². The van der Waals surface area contributed by atoms with Crippen LogP contribution >= 0.6 is 0 Å². The normalized spacial score (nSPS) is 10.6. The molecule has 0 saturated heterocycles. The van der Waals surface area contributed by atoms with E-state index in [9.17, 15) is 19.5 Å². The van der Waals surface area contributed by atoms with Gasteiger partial charge in [0.2, 0.25) is 5.88 Å². The molecule has 0 saturated carbocycles. The molecule has 1 N–H and O–H groups in total. The van der Waals surface area contributed by atoms with Crippen LogP contribution in [-0.2, 0) is 19.5 Å². The summed E-state index contributed by atoms with van der Waals surface area (Å²) in [6.07, 6.45) is 1.69. The van der Waals surface area contributed by atoms with Crippen LogP contribution in [0.3, 0.4) is 0 Å². The molecule has 1 heterocycles. The van der Waals surface area contributed by atoms with Crippen molar-refractivity contribution < 1.29 is 9.90 Å². The largest absolute Gasteiger partial charge is 0.494 e. The fourth-order valence-electron chi connectivity index (χ4n) is 3.15. The van der Waals surface area contributed by atoms with Gasteiger partial charge in [-0.05, 0) is 25.0 Å². The Morgan fingerprint density at radius 3 is 2.03 bits per heavy atom. The van der Waals surface area contributed by atoms with E-state index < -0.39 is 22.9 Å². The summed E-state index contributed by atoms with van der Waals surface area (Å²) in [6.45, 7) is 3.79. The van der Waals surface area contributed by atoms with Crippen LogP contribution in [0.5, 0.6) is 5.88 Å². The summed E-state index contributed by atoms with van der Waals surface area (Å²) in [5, 5.41) is 10.8. The average Bonchev–Trinajstić information content (AvgIpc) is 2.72. The molecule has 0 aliphatic rings. The second-order valence-corrected chi connectivity index (χ2v) is 7.34. The van der Waals surface area contributed by atoms with Crippen molar-refractivity contribution in [1.29, 1.82) is 0 Å². The molecule has 0 bridgehead atoms. The topological polar surface area (TPSA) is 81.3 Å². The van der Waals surface area contributed by atoms with Crippen LogP contribution in [0.4, 0.5) is 0 Å². The van der Waals surface area contributed by atoms with Crippen LogP contribution < -0.4 is 11.2 Å². The molecular weight excluding hydrogens is 380 g/mol. The minimum atomic E-state index is -0.778. The van der Waals surface area contributed by atoms with Gasteiger partial charge < -0.3 is 5.11 Å². The van der Waals surface area contributed by atoms with Crippen LogP contribution in [0.15, 0.2) is 81.9 Å². The third-order valence-electron chi connectivity index (χ3n) is 4.75. The Morgan fingerprint density at radius 2 is 1.47 bits per heavy atom. The Balaban J connectivity index is 2.14. The van der Waals surface area contributed by atoms with E-state index >= 15 is 0 Å². The molecule has 0 aliphatic carbocycles. The number of carbonyl (C=O) groups is 1. The van der Waals surface area contributed by atoms with E-state index in [1.807, 2.05) is 50.2 Å². The summed E-state index contributed by atoms with van der Waals surface area (Å²) in [7, 11) is 0. The first-order valence-corrected chi connectivity index (χ1v) is 9.69. The van der Waals surface area contributed by atoms with E-state index in [1.54, 1.807) is 30.3 Å². The summed E-state index contributed by atoms with van der Waals surface area (Å²) >= 11 is 0. The Kier molecular flexibility index (Phi) is 6.47. The fourth-order valence-corrected chi connectivity index (χ4v) is 3.15. The van der Waals surface area contributed by atoms with Gasteiger partial charge in [-0.3, -0.25) is 18.7 Å². The van der Waals surface area contributed by atoms with Crippen molar-refractivity contribution >= 4 is 5.78 Å². The van der Waals surface area contributed by atoms with E-state index in [-0.39, 0.29) is 25.1 Å². The number of benzene rings is 2. The second-order valence-electron chi connectivity index (χ2n) is 7.34. The molecule has 0 aliphatic heterocycles. The Bertz CT molecular complexity index is 1190. The van der Waals surface area contributed by atoms with Gasteiger partial charge in [0.25, 0.3) is 5.56 Å². The molecule has 0 spiro atoms. The second kappa shape index (κ2) is 9.22. The first kappa shape index (κ1) is 21.0. The monoisotopic (exact) mass is 404 g/mol.